The number of nitrogens with one attached hydrogen (secondary N) is 3. The summed E-state index contributed by atoms with van der Waals surface area (Å²) in [6.07, 6.45) is 0.937. The fourth-order valence-corrected chi connectivity index (χ4v) is 2.04. The Kier molecular flexibility index (Phi) is 7.65. The molecule has 1 amide bonds. The third-order valence-corrected chi connectivity index (χ3v) is 3.18. The van der Waals surface area contributed by atoms with Gasteiger partial charge in [-0.25, -0.2) is 4.99 Å². The second kappa shape index (κ2) is 9.38. The number of rotatable bonds is 7. The summed E-state index contributed by atoms with van der Waals surface area (Å²) in [5, 5.41) is 11.2. The summed E-state index contributed by atoms with van der Waals surface area (Å²) in [5.74, 6) is 0.623. The number of amides is 1. The van der Waals surface area contributed by atoms with E-state index in [2.05, 4.69) is 27.0 Å². The Balaban J connectivity index is 2.39. The van der Waals surface area contributed by atoms with Crippen molar-refractivity contribution in [2.24, 2.45) is 4.99 Å². The van der Waals surface area contributed by atoms with E-state index in [9.17, 15) is 4.79 Å². The van der Waals surface area contributed by atoms with Gasteiger partial charge in [-0.3, -0.25) is 4.79 Å². The highest BCUT2D eigenvalue weighted by Gasteiger charge is 2.01. The Labute approximate surface area is 118 Å². The van der Waals surface area contributed by atoms with Gasteiger partial charge in [-0.05, 0) is 24.8 Å². The zero-order chi connectivity index (χ0) is 13.9. The molecule has 19 heavy (non-hydrogen) atoms. The molecule has 6 heteroatoms. The Morgan fingerprint density at radius 3 is 2.79 bits per heavy atom. The van der Waals surface area contributed by atoms with Crippen molar-refractivity contribution in [3.63, 3.8) is 0 Å². The molecule has 1 heterocycles. The van der Waals surface area contributed by atoms with Crippen LogP contribution in [0.5, 0.6) is 0 Å². The van der Waals surface area contributed by atoms with Gasteiger partial charge in [0.2, 0.25) is 5.91 Å². The lowest BCUT2D eigenvalue weighted by molar-refractivity contribution is -0.119. The Morgan fingerprint density at radius 1 is 1.32 bits per heavy atom. The minimum atomic E-state index is -0.0461. The average Bonchev–Trinajstić information content (AvgIpc) is 2.92. The Morgan fingerprint density at radius 2 is 2.16 bits per heavy atom. The molecule has 0 aromatic carbocycles. The highest BCUT2D eigenvalue weighted by Crippen LogP contribution is 2.06. The van der Waals surface area contributed by atoms with E-state index in [-0.39, 0.29) is 12.5 Å². The highest BCUT2D eigenvalue weighted by molar-refractivity contribution is 7.09. The van der Waals surface area contributed by atoms with E-state index in [0.29, 0.717) is 12.5 Å². The van der Waals surface area contributed by atoms with Crippen LogP contribution < -0.4 is 16.0 Å². The topological polar surface area (TPSA) is 65.5 Å². The first-order chi connectivity index (χ1) is 9.26. The molecule has 0 atom stereocenters. The van der Waals surface area contributed by atoms with E-state index < -0.39 is 0 Å². The van der Waals surface area contributed by atoms with Crippen molar-refractivity contribution < 1.29 is 4.79 Å². The fourth-order valence-electron chi connectivity index (χ4n) is 1.40. The van der Waals surface area contributed by atoms with Crippen molar-refractivity contribution >= 4 is 23.2 Å². The summed E-state index contributed by atoms with van der Waals surface area (Å²) in [5.41, 5.74) is 0. The molecular formula is C13H22N4OS. The number of nitrogens with zero attached hydrogens (tertiary/aromatic N) is 1. The first-order valence-electron chi connectivity index (χ1n) is 6.57. The standard InChI is InChI=1S/C13H22N4OS/c1-3-7-15-12(18)10-17-13(14-4-2)16-9-11-6-5-8-19-11/h5-6,8H,3-4,7,9-10H2,1-2H3,(H,15,18)(H2,14,16,17). The van der Waals surface area contributed by atoms with Crippen LogP contribution in [0.15, 0.2) is 22.5 Å². The second-order valence-corrected chi connectivity index (χ2v) is 5.01. The molecule has 1 aromatic heterocycles. The first kappa shape index (κ1) is 15.5. The van der Waals surface area contributed by atoms with E-state index in [1.807, 2.05) is 25.3 Å². The Hall–Kier alpha value is -1.56. The predicted octanol–water partition coefficient (Wildman–Crippen LogP) is 1.33. The van der Waals surface area contributed by atoms with Crippen molar-refractivity contribution in [3.05, 3.63) is 22.4 Å². The summed E-state index contributed by atoms with van der Waals surface area (Å²) in [6.45, 7) is 6.37. The molecule has 1 rings (SSSR count). The molecule has 0 aliphatic heterocycles. The lowest BCUT2D eigenvalue weighted by atomic mass is 10.4. The van der Waals surface area contributed by atoms with Crippen LogP contribution in [0.3, 0.4) is 0 Å². The zero-order valence-electron chi connectivity index (χ0n) is 11.5. The van der Waals surface area contributed by atoms with Gasteiger partial charge >= 0.3 is 0 Å². The molecule has 0 aliphatic rings. The van der Waals surface area contributed by atoms with E-state index in [1.54, 1.807) is 11.3 Å². The minimum Gasteiger partial charge on any atom is -0.357 e. The van der Waals surface area contributed by atoms with Gasteiger partial charge in [0.1, 0.15) is 6.54 Å². The molecule has 0 unspecified atom stereocenters. The zero-order valence-corrected chi connectivity index (χ0v) is 12.3. The largest absolute Gasteiger partial charge is 0.357 e. The SMILES string of the molecule is CCCNC(=O)CN=C(NCC)NCc1cccs1. The maximum Gasteiger partial charge on any atom is 0.241 e. The highest BCUT2D eigenvalue weighted by atomic mass is 32.1. The predicted molar refractivity (Wildman–Crippen MR) is 80.4 cm³/mol. The number of aliphatic imine (C=N–C) groups is 1. The van der Waals surface area contributed by atoms with Crippen molar-refractivity contribution in [1.29, 1.82) is 0 Å². The van der Waals surface area contributed by atoms with Crippen LogP contribution in [0.1, 0.15) is 25.1 Å². The number of hydrogen-bond acceptors (Lipinski definition) is 3. The maximum absolute atomic E-state index is 11.5. The van der Waals surface area contributed by atoms with E-state index in [4.69, 9.17) is 0 Å². The Bertz CT molecular complexity index is 389. The van der Waals surface area contributed by atoms with Gasteiger partial charge in [0, 0.05) is 18.0 Å². The number of carbonyl (C=O) groups is 1. The summed E-state index contributed by atoms with van der Waals surface area (Å²) < 4.78 is 0. The van der Waals surface area contributed by atoms with Crippen molar-refractivity contribution in [1.82, 2.24) is 16.0 Å². The monoisotopic (exact) mass is 282 g/mol. The number of carbonyl (C=O) groups excluding carboxylic acids is 1. The lowest BCUT2D eigenvalue weighted by Gasteiger charge is -2.10. The van der Waals surface area contributed by atoms with Gasteiger partial charge in [0.15, 0.2) is 5.96 Å². The average molecular weight is 282 g/mol. The summed E-state index contributed by atoms with van der Waals surface area (Å²) in [4.78, 5) is 17.0. The lowest BCUT2D eigenvalue weighted by Crippen LogP contribution is -2.38. The molecule has 0 fully saturated rings. The molecular weight excluding hydrogens is 260 g/mol. The van der Waals surface area contributed by atoms with Crippen molar-refractivity contribution in [3.8, 4) is 0 Å². The van der Waals surface area contributed by atoms with Gasteiger partial charge < -0.3 is 16.0 Å². The molecule has 0 radical (unpaired) electrons. The summed E-state index contributed by atoms with van der Waals surface area (Å²) >= 11 is 1.69. The van der Waals surface area contributed by atoms with Gasteiger partial charge in [0.05, 0.1) is 6.54 Å². The molecule has 106 valence electrons. The quantitative estimate of drug-likeness (QED) is 0.522. The van der Waals surface area contributed by atoms with Crippen LogP contribution >= 0.6 is 11.3 Å². The van der Waals surface area contributed by atoms with E-state index in [0.717, 1.165) is 19.5 Å². The summed E-state index contributed by atoms with van der Waals surface area (Å²) in [6, 6.07) is 4.08. The van der Waals surface area contributed by atoms with E-state index in [1.165, 1.54) is 4.88 Å². The van der Waals surface area contributed by atoms with Gasteiger partial charge in [0.25, 0.3) is 0 Å². The number of thiophene rings is 1. The number of hydrogen-bond donors (Lipinski definition) is 3. The molecule has 0 spiro atoms. The van der Waals surface area contributed by atoms with Gasteiger partial charge in [-0.2, -0.15) is 0 Å². The normalized spacial score (nSPS) is 11.2. The third kappa shape index (κ3) is 6.81. The van der Waals surface area contributed by atoms with Crippen LogP contribution in [0.25, 0.3) is 0 Å². The van der Waals surface area contributed by atoms with Crippen molar-refractivity contribution in [2.45, 2.75) is 26.8 Å². The fraction of sp³-hybridized carbons (Fsp3) is 0.538. The maximum atomic E-state index is 11.5. The van der Waals surface area contributed by atoms with Gasteiger partial charge in [-0.15, -0.1) is 11.3 Å². The summed E-state index contributed by atoms with van der Waals surface area (Å²) in [7, 11) is 0. The van der Waals surface area contributed by atoms with Crippen LogP contribution in [0, 0.1) is 0 Å². The molecule has 0 aliphatic carbocycles. The smallest absolute Gasteiger partial charge is 0.241 e. The molecule has 1 aromatic rings. The van der Waals surface area contributed by atoms with Crippen molar-refractivity contribution in [2.75, 3.05) is 19.6 Å². The van der Waals surface area contributed by atoms with Crippen LogP contribution in [0.4, 0.5) is 0 Å². The molecule has 0 bridgehead atoms. The van der Waals surface area contributed by atoms with Gasteiger partial charge in [-0.1, -0.05) is 13.0 Å². The number of guanidine groups is 1. The van der Waals surface area contributed by atoms with Crippen LogP contribution in [-0.2, 0) is 11.3 Å². The minimum absolute atomic E-state index is 0.0461. The van der Waals surface area contributed by atoms with Crippen LogP contribution in [-0.4, -0.2) is 31.5 Å². The molecule has 0 saturated heterocycles. The van der Waals surface area contributed by atoms with Crippen LogP contribution in [0.2, 0.25) is 0 Å². The third-order valence-electron chi connectivity index (χ3n) is 2.31. The molecule has 3 N–H and O–H groups in total. The van der Waals surface area contributed by atoms with E-state index >= 15 is 0 Å². The first-order valence-corrected chi connectivity index (χ1v) is 7.45. The molecule has 5 nitrogen and oxygen atoms in total. The molecule has 0 saturated carbocycles. The second-order valence-electron chi connectivity index (χ2n) is 3.98.